The van der Waals surface area contributed by atoms with Gasteiger partial charge in [0.2, 0.25) is 18.4 Å². The standard InChI is InChI=1S/C20H15ClN8O4/c1-10(11-3-2-4-13(21)7-11)23-25-20(30)16-17(12-5-6-14-15(8-12)32-9-31-14)29(28-24-16)19-18(22)26-33-27-19/h2-8H,9H2,1H3,(H2,22,26)(H,25,30). The number of nitrogens with zero attached hydrogens (tertiary/aromatic N) is 6. The van der Waals surface area contributed by atoms with Crippen LogP contribution in [0.5, 0.6) is 11.5 Å². The Kier molecular flexibility index (Phi) is 5.11. The first-order valence-electron chi connectivity index (χ1n) is 9.56. The molecule has 1 amide bonds. The van der Waals surface area contributed by atoms with E-state index in [9.17, 15) is 4.79 Å². The van der Waals surface area contributed by atoms with E-state index in [0.29, 0.717) is 27.8 Å². The first-order chi connectivity index (χ1) is 16.0. The topological polar surface area (TPSA) is 156 Å². The van der Waals surface area contributed by atoms with E-state index >= 15 is 0 Å². The highest BCUT2D eigenvalue weighted by atomic mass is 35.5. The van der Waals surface area contributed by atoms with Crippen molar-refractivity contribution in [3.63, 3.8) is 0 Å². The molecule has 0 spiro atoms. The van der Waals surface area contributed by atoms with E-state index in [1.807, 2.05) is 6.07 Å². The SMILES string of the molecule is CC(=NNC(=O)c1nnn(-c2nonc2N)c1-c1ccc2c(c1)OCO2)c1cccc(Cl)c1. The van der Waals surface area contributed by atoms with Gasteiger partial charge in [-0.05, 0) is 53.1 Å². The molecule has 0 bridgehead atoms. The van der Waals surface area contributed by atoms with Gasteiger partial charge in [-0.25, -0.2) is 10.1 Å². The van der Waals surface area contributed by atoms with Crippen molar-refractivity contribution < 1.29 is 18.9 Å². The van der Waals surface area contributed by atoms with Crippen LogP contribution in [0.2, 0.25) is 5.02 Å². The average molecular weight is 467 g/mol. The number of hydrazone groups is 1. The largest absolute Gasteiger partial charge is 0.454 e. The number of ether oxygens (including phenoxy) is 2. The highest BCUT2D eigenvalue weighted by Crippen LogP contribution is 2.37. The van der Waals surface area contributed by atoms with Crippen LogP contribution in [0.25, 0.3) is 17.1 Å². The molecule has 5 rings (SSSR count). The smallest absolute Gasteiger partial charge is 0.294 e. The molecule has 13 heteroatoms. The van der Waals surface area contributed by atoms with Crippen LogP contribution >= 0.6 is 11.6 Å². The zero-order valence-electron chi connectivity index (χ0n) is 17.0. The van der Waals surface area contributed by atoms with Gasteiger partial charge in [-0.1, -0.05) is 28.9 Å². The summed E-state index contributed by atoms with van der Waals surface area (Å²) in [5.41, 5.74) is 10.4. The maximum absolute atomic E-state index is 13.0. The molecule has 0 saturated heterocycles. The minimum Gasteiger partial charge on any atom is -0.454 e. The minimum atomic E-state index is -0.606. The number of aromatic nitrogens is 5. The quantitative estimate of drug-likeness (QED) is 0.333. The first kappa shape index (κ1) is 20.5. The Morgan fingerprint density at radius 2 is 2.03 bits per heavy atom. The normalized spacial score (nSPS) is 12.7. The van der Waals surface area contributed by atoms with Crippen molar-refractivity contribution in [2.75, 3.05) is 12.5 Å². The number of carbonyl (C=O) groups is 1. The fraction of sp³-hybridized carbons (Fsp3) is 0.100. The molecule has 0 radical (unpaired) electrons. The number of rotatable bonds is 5. The molecule has 3 heterocycles. The molecule has 0 saturated carbocycles. The highest BCUT2D eigenvalue weighted by Gasteiger charge is 2.27. The van der Waals surface area contributed by atoms with Crippen LogP contribution in [0.4, 0.5) is 5.82 Å². The summed E-state index contributed by atoms with van der Waals surface area (Å²) in [7, 11) is 0. The van der Waals surface area contributed by atoms with E-state index < -0.39 is 5.91 Å². The predicted molar refractivity (Wildman–Crippen MR) is 116 cm³/mol. The Morgan fingerprint density at radius 3 is 2.82 bits per heavy atom. The number of nitrogens with one attached hydrogen (secondary N) is 1. The Bertz CT molecular complexity index is 1400. The maximum atomic E-state index is 13.0. The van der Waals surface area contributed by atoms with Crippen molar-refractivity contribution in [1.82, 2.24) is 30.7 Å². The number of hydrogen-bond donors (Lipinski definition) is 2. The summed E-state index contributed by atoms with van der Waals surface area (Å²) in [6, 6.07) is 12.2. The van der Waals surface area contributed by atoms with Crippen LogP contribution in [-0.4, -0.2) is 43.7 Å². The monoisotopic (exact) mass is 466 g/mol. The van der Waals surface area contributed by atoms with Crippen molar-refractivity contribution >= 4 is 29.0 Å². The highest BCUT2D eigenvalue weighted by molar-refractivity contribution is 6.31. The summed E-state index contributed by atoms with van der Waals surface area (Å²) in [5.74, 6) is 0.530. The van der Waals surface area contributed by atoms with Gasteiger partial charge in [0.1, 0.15) is 5.69 Å². The molecule has 0 fully saturated rings. The van der Waals surface area contributed by atoms with E-state index in [2.05, 4.69) is 35.8 Å². The van der Waals surface area contributed by atoms with Crippen molar-refractivity contribution in [3.05, 3.63) is 58.7 Å². The number of hydrogen-bond acceptors (Lipinski definition) is 10. The molecule has 2 aromatic heterocycles. The number of fused-ring (bicyclic) bond motifs is 1. The number of carbonyl (C=O) groups excluding carboxylic acids is 1. The molecular formula is C20H15ClN8O4. The lowest BCUT2D eigenvalue weighted by molar-refractivity contribution is 0.0950. The van der Waals surface area contributed by atoms with E-state index in [1.165, 1.54) is 4.68 Å². The number of amides is 1. The van der Waals surface area contributed by atoms with E-state index in [0.717, 1.165) is 5.56 Å². The first-order valence-corrected chi connectivity index (χ1v) is 9.94. The lowest BCUT2D eigenvalue weighted by Gasteiger charge is -2.07. The third kappa shape index (κ3) is 3.83. The van der Waals surface area contributed by atoms with Crippen LogP contribution in [0.15, 0.2) is 52.2 Å². The van der Waals surface area contributed by atoms with Gasteiger partial charge in [-0.2, -0.15) is 9.78 Å². The molecule has 3 N–H and O–H groups in total. The average Bonchev–Trinajstić information content (AvgIpc) is 3.55. The predicted octanol–water partition coefficient (Wildman–Crippen LogP) is 2.44. The molecule has 0 unspecified atom stereocenters. The summed E-state index contributed by atoms with van der Waals surface area (Å²) in [4.78, 5) is 13.0. The van der Waals surface area contributed by atoms with Crippen LogP contribution in [0.1, 0.15) is 23.0 Å². The third-order valence-electron chi connectivity index (χ3n) is 4.80. The van der Waals surface area contributed by atoms with E-state index in [4.69, 9.17) is 26.8 Å². The Labute approximate surface area is 190 Å². The summed E-state index contributed by atoms with van der Waals surface area (Å²) in [6.45, 7) is 1.84. The number of benzene rings is 2. The lowest BCUT2D eigenvalue weighted by Crippen LogP contribution is -2.21. The van der Waals surface area contributed by atoms with Crippen molar-refractivity contribution in [2.24, 2.45) is 5.10 Å². The number of anilines is 1. The molecule has 0 atom stereocenters. The van der Waals surface area contributed by atoms with Crippen LogP contribution in [-0.2, 0) is 0 Å². The van der Waals surface area contributed by atoms with Crippen LogP contribution in [0, 0.1) is 0 Å². The van der Waals surface area contributed by atoms with Crippen molar-refractivity contribution in [3.8, 4) is 28.6 Å². The van der Waals surface area contributed by atoms with Gasteiger partial charge in [-0.15, -0.1) is 5.10 Å². The van der Waals surface area contributed by atoms with Gasteiger partial charge in [-0.3, -0.25) is 4.79 Å². The molecule has 1 aliphatic heterocycles. The molecule has 1 aliphatic rings. The third-order valence-corrected chi connectivity index (χ3v) is 5.03. The maximum Gasteiger partial charge on any atom is 0.294 e. The van der Waals surface area contributed by atoms with Gasteiger partial charge in [0.15, 0.2) is 17.2 Å². The summed E-state index contributed by atoms with van der Waals surface area (Å²) < 4.78 is 16.8. The van der Waals surface area contributed by atoms with Crippen molar-refractivity contribution in [1.29, 1.82) is 0 Å². The zero-order chi connectivity index (χ0) is 22.9. The Balaban J connectivity index is 1.53. The molecule has 2 aromatic carbocycles. The van der Waals surface area contributed by atoms with Crippen LogP contribution in [0.3, 0.4) is 0 Å². The molecule has 33 heavy (non-hydrogen) atoms. The summed E-state index contributed by atoms with van der Waals surface area (Å²) in [5, 5.41) is 20.1. The van der Waals surface area contributed by atoms with Crippen molar-refractivity contribution in [2.45, 2.75) is 6.92 Å². The second-order valence-corrected chi connectivity index (χ2v) is 7.32. The number of halogens is 1. The molecule has 4 aromatic rings. The van der Waals surface area contributed by atoms with Crippen LogP contribution < -0.4 is 20.6 Å². The van der Waals surface area contributed by atoms with Gasteiger partial charge in [0.05, 0.1) is 5.71 Å². The zero-order valence-corrected chi connectivity index (χ0v) is 17.8. The molecule has 12 nitrogen and oxygen atoms in total. The second kappa shape index (κ2) is 8.24. The molecule has 166 valence electrons. The van der Waals surface area contributed by atoms with Gasteiger partial charge < -0.3 is 15.2 Å². The van der Waals surface area contributed by atoms with Gasteiger partial charge in [0.25, 0.3) is 5.91 Å². The summed E-state index contributed by atoms with van der Waals surface area (Å²) >= 11 is 6.03. The molecule has 0 aliphatic carbocycles. The fourth-order valence-electron chi connectivity index (χ4n) is 3.19. The fourth-order valence-corrected chi connectivity index (χ4v) is 3.38. The van der Waals surface area contributed by atoms with Gasteiger partial charge in [0, 0.05) is 10.6 Å². The number of nitrogens with two attached hydrogens (primary N) is 1. The Hall–Kier alpha value is -4.45. The number of nitrogen functional groups attached to an aromatic ring is 1. The van der Waals surface area contributed by atoms with E-state index in [-0.39, 0.29) is 29.8 Å². The lowest BCUT2D eigenvalue weighted by atomic mass is 10.1. The summed E-state index contributed by atoms with van der Waals surface area (Å²) in [6.07, 6.45) is 0. The second-order valence-electron chi connectivity index (χ2n) is 6.89. The van der Waals surface area contributed by atoms with E-state index in [1.54, 1.807) is 43.3 Å². The Morgan fingerprint density at radius 1 is 1.18 bits per heavy atom. The van der Waals surface area contributed by atoms with Gasteiger partial charge >= 0.3 is 0 Å². The molecular weight excluding hydrogens is 452 g/mol. The minimum absolute atomic E-state index is 0.0244.